The fourth-order valence-corrected chi connectivity index (χ4v) is 6.91. The molecule has 1 heterocycles. The smallest absolute Gasteiger partial charge is 0.306 e. The van der Waals surface area contributed by atoms with Gasteiger partial charge < -0.3 is 19.3 Å². The van der Waals surface area contributed by atoms with E-state index in [2.05, 4.69) is 6.92 Å². The van der Waals surface area contributed by atoms with Crippen LogP contribution >= 0.6 is 0 Å². The van der Waals surface area contributed by atoms with Gasteiger partial charge in [0.25, 0.3) is 0 Å². The number of carbonyl (C=O) groups excluding carboxylic acids is 2. The highest BCUT2D eigenvalue weighted by Crippen LogP contribution is 2.63. The van der Waals surface area contributed by atoms with Crippen LogP contribution in [-0.2, 0) is 23.8 Å². The van der Waals surface area contributed by atoms with Gasteiger partial charge in [0.2, 0.25) is 5.78 Å². The Hall–Kier alpha value is -1.40. The molecule has 3 aliphatic carbocycles. The number of allylic oxidation sites excluding steroid dienone is 2. The van der Waals surface area contributed by atoms with Crippen molar-refractivity contribution in [3.8, 4) is 0 Å². The van der Waals surface area contributed by atoms with E-state index in [1.807, 2.05) is 19.9 Å². The van der Waals surface area contributed by atoms with Crippen LogP contribution in [0.2, 0.25) is 0 Å². The molecule has 6 nitrogen and oxygen atoms in total. The van der Waals surface area contributed by atoms with Gasteiger partial charge in [-0.3, -0.25) is 9.59 Å². The molecule has 2 saturated carbocycles. The highest BCUT2D eigenvalue weighted by molar-refractivity contribution is 5.99. The van der Waals surface area contributed by atoms with Crippen molar-refractivity contribution in [3.05, 3.63) is 11.8 Å². The number of fused-ring (bicyclic) bond motifs is 2. The largest absolute Gasteiger partial charge is 0.493 e. The number of ether oxygens (including phenoxy) is 3. The summed E-state index contributed by atoms with van der Waals surface area (Å²) >= 11 is 0. The Morgan fingerprint density at radius 1 is 1.26 bits per heavy atom. The van der Waals surface area contributed by atoms with Crippen LogP contribution in [0.15, 0.2) is 11.8 Å². The number of hydrogen-bond donors (Lipinski definition) is 1. The van der Waals surface area contributed by atoms with E-state index in [0.29, 0.717) is 18.6 Å². The highest BCUT2D eigenvalue weighted by atomic mass is 16.5. The van der Waals surface area contributed by atoms with Gasteiger partial charge in [-0.15, -0.1) is 0 Å². The van der Waals surface area contributed by atoms with Crippen molar-refractivity contribution in [2.75, 3.05) is 14.2 Å². The molecule has 150 valence electrons. The molecule has 4 rings (SSSR count). The summed E-state index contributed by atoms with van der Waals surface area (Å²) in [6, 6.07) is 0. The van der Waals surface area contributed by atoms with Crippen LogP contribution in [0.5, 0.6) is 0 Å². The third kappa shape index (κ3) is 2.38. The molecule has 1 saturated heterocycles. The Morgan fingerprint density at radius 2 is 1.96 bits per heavy atom. The van der Waals surface area contributed by atoms with Crippen LogP contribution in [0.3, 0.4) is 0 Å². The number of aliphatic hydroxyl groups excluding tert-OH is 1. The van der Waals surface area contributed by atoms with Gasteiger partial charge >= 0.3 is 5.97 Å². The number of methoxy groups -OCH3 is 2. The fraction of sp³-hybridized carbons (Fsp3) is 0.810. The number of carbonyl (C=O) groups is 2. The SMILES string of the molecule is COC1=CC(C)C2CC3OC(=O)CC4C(C)C(OC)C(O)C(C34)C2(C)C1=O. The second kappa shape index (κ2) is 6.31. The number of ketones is 1. The molecular weight excluding hydrogens is 348 g/mol. The zero-order chi connectivity index (χ0) is 19.7. The van der Waals surface area contributed by atoms with E-state index in [1.165, 1.54) is 7.11 Å². The highest BCUT2D eigenvalue weighted by Gasteiger charge is 2.68. The van der Waals surface area contributed by atoms with E-state index in [0.717, 1.165) is 0 Å². The van der Waals surface area contributed by atoms with E-state index in [1.54, 1.807) is 7.11 Å². The summed E-state index contributed by atoms with van der Waals surface area (Å²) in [6.07, 6.45) is 1.41. The quantitative estimate of drug-likeness (QED) is 0.740. The average Bonchev–Trinajstić information content (AvgIpc) is 2.63. The van der Waals surface area contributed by atoms with Crippen LogP contribution in [0.4, 0.5) is 0 Å². The average molecular weight is 378 g/mol. The minimum atomic E-state index is -0.786. The van der Waals surface area contributed by atoms with E-state index in [9.17, 15) is 14.7 Å². The molecule has 6 heteroatoms. The molecule has 10 unspecified atom stereocenters. The minimum Gasteiger partial charge on any atom is -0.493 e. The molecule has 0 aromatic heterocycles. The molecule has 4 aliphatic rings. The Morgan fingerprint density at radius 3 is 2.59 bits per heavy atom. The lowest BCUT2D eigenvalue weighted by Gasteiger charge is -2.63. The second-order valence-corrected chi connectivity index (χ2v) is 9.10. The van der Waals surface area contributed by atoms with Gasteiger partial charge in [-0.05, 0) is 36.2 Å². The van der Waals surface area contributed by atoms with Crippen molar-refractivity contribution >= 4 is 11.8 Å². The van der Waals surface area contributed by atoms with Crippen molar-refractivity contribution < 1.29 is 28.9 Å². The second-order valence-electron chi connectivity index (χ2n) is 9.10. The predicted octanol–water partition coefficient (Wildman–Crippen LogP) is 1.95. The van der Waals surface area contributed by atoms with Gasteiger partial charge in [-0.25, -0.2) is 0 Å². The number of aliphatic hydroxyl groups is 1. The van der Waals surface area contributed by atoms with Crippen molar-refractivity contribution in [1.29, 1.82) is 0 Å². The van der Waals surface area contributed by atoms with Crippen molar-refractivity contribution in [3.63, 3.8) is 0 Å². The summed E-state index contributed by atoms with van der Waals surface area (Å²) in [5.74, 6) is -0.0497. The lowest BCUT2D eigenvalue weighted by Crippen LogP contribution is -2.69. The standard InChI is InChI=1S/C21H30O6/c1-9-6-14(25-4)20(24)21(3)12(9)8-13-16-11(7-15(22)27-13)10(2)19(26-5)18(23)17(16)21/h6,9-13,16-19,23H,7-8H2,1-5H3. The molecule has 1 N–H and O–H groups in total. The van der Waals surface area contributed by atoms with Crippen molar-refractivity contribution in [1.82, 2.24) is 0 Å². The van der Waals surface area contributed by atoms with Gasteiger partial charge in [0.15, 0.2) is 5.76 Å². The molecule has 0 amide bonds. The molecule has 3 fully saturated rings. The maximum atomic E-state index is 13.5. The molecule has 0 aromatic rings. The van der Waals surface area contributed by atoms with Gasteiger partial charge in [0.05, 0.1) is 19.3 Å². The minimum absolute atomic E-state index is 0.0118. The van der Waals surface area contributed by atoms with Crippen LogP contribution in [0.1, 0.15) is 33.6 Å². The van der Waals surface area contributed by atoms with Crippen LogP contribution in [-0.4, -0.2) is 49.4 Å². The number of Topliss-reactive ketones (excluding diaryl/α,β-unsaturated/α-hetero) is 1. The Bertz CT molecular complexity index is 686. The Labute approximate surface area is 160 Å². The Kier molecular flexibility index (Phi) is 4.43. The van der Waals surface area contributed by atoms with E-state index >= 15 is 0 Å². The Balaban J connectivity index is 1.87. The summed E-state index contributed by atoms with van der Waals surface area (Å²) in [5.41, 5.74) is -0.765. The summed E-state index contributed by atoms with van der Waals surface area (Å²) in [7, 11) is 3.12. The summed E-state index contributed by atoms with van der Waals surface area (Å²) in [6.45, 7) is 6.08. The zero-order valence-electron chi connectivity index (χ0n) is 16.7. The topological polar surface area (TPSA) is 82.1 Å². The van der Waals surface area contributed by atoms with E-state index in [4.69, 9.17) is 14.2 Å². The predicted molar refractivity (Wildman–Crippen MR) is 96.4 cm³/mol. The van der Waals surface area contributed by atoms with Crippen molar-refractivity contribution in [2.45, 2.75) is 51.9 Å². The lowest BCUT2D eigenvalue weighted by molar-refractivity contribution is -0.244. The molecule has 27 heavy (non-hydrogen) atoms. The number of hydrogen-bond acceptors (Lipinski definition) is 6. The zero-order valence-corrected chi connectivity index (χ0v) is 16.7. The molecule has 0 bridgehead atoms. The van der Waals surface area contributed by atoms with Gasteiger partial charge in [-0.2, -0.15) is 0 Å². The van der Waals surface area contributed by atoms with Crippen LogP contribution in [0, 0.1) is 40.9 Å². The first-order chi connectivity index (χ1) is 12.7. The summed E-state index contributed by atoms with van der Waals surface area (Å²) in [5, 5.41) is 11.3. The fourth-order valence-electron chi connectivity index (χ4n) is 6.91. The molecule has 0 radical (unpaired) electrons. The maximum Gasteiger partial charge on any atom is 0.306 e. The number of rotatable bonds is 2. The molecular formula is C21H30O6. The molecule has 0 spiro atoms. The summed E-state index contributed by atoms with van der Waals surface area (Å²) in [4.78, 5) is 25.8. The normalized spacial score (nSPS) is 51.6. The lowest BCUT2D eigenvalue weighted by atomic mass is 9.43. The molecule has 0 aromatic carbocycles. The van der Waals surface area contributed by atoms with Gasteiger partial charge in [-0.1, -0.05) is 20.8 Å². The van der Waals surface area contributed by atoms with Crippen LogP contribution in [0.25, 0.3) is 0 Å². The molecule has 1 aliphatic heterocycles. The first kappa shape index (κ1) is 18.9. The monoisotopic (exact) mass is 378 g/mol. The van der Waals surface area contributed by atoms with Crippen LogP contribution < -0.4 is 0 Å². The third-order valence-electron chi connectivity index (χ3n) is 8.12. The summed E-state index contributed by atoms with van der Waals surface area (Å²) < 4.78 is 16.8. The molecule has 10 atom stereocenters. The van der Waals surface area contributed by atoms with Crippen molar-refractivity contribution in [2.24, 2.45) is 40.9 Å². The van der Waals surface area contributed by atoms with E-state index < -0.39 is 17.6 Å². The number of esters is 1. The van der Waals surface area contributed by atoms with Gasteiger partial charge in [0, 0.05) is 30.8 Å². The maximum absolute atomic E-state index is 13.5. The third-order valence-corrected chi connectivity index (χ3v) is 8.12. The van der Waals surface area contributed by atoms with Gasteiger partial charge in [0.1, 0.15) is 6.10 Å². The first-order valence-electron chi connectivity index (χ1n) is 9.96. The first-order valence-corrected chi connectivity index (χ1v) is 9.96. The van der Waals surface area contributed by atoms with E-state index in [-0.39, 0.29) is 53.4 Å².